The number of nitrogens with zero attached hydrogens (tertiary/aromatic N) is 3. The standard InChI is InChI=1S/C25H35N3O3/c1-17(2)20-11-21(23(30)12-22(20)29)24(31)28-14-18-5-6-25(3,13-19(18)15-28)16-27-9-7-26(4)8-10-27/h5-6,11-12,17,29-30H,7-10,13-16H2,1-4H3. The molecule has 0 spiro atoms. The third-order valence-corrected chi connectivity index (χ3v) is 6.97. The van der Waals surface area contributed by atoms with Crippen LogP contribution in [0.1, 0.15) is 49.0 Å². The van der Waals surface area contributed by atoms with Crippen molar-refractivity contribution in [2.75, 3.05) is 52.9 Å². The van der Waals surface area contributed by atoms with Crippen molar-refractivity contribution >= 4 is 5.91 Å². The Bertz CT molecular complexity index is 928. The fourth-order valence-corrected chi connectivity index (χ4v) is 5.06. The summed E-state index contributed by atoms with van der Waals surface area (Å²) in [5.74, 6) is -0.240. The van der Waals surface area contributed by atoms with Crippen molar-refractivity contribution in [1.82, 2.24) is 14.7 Å². The third-order valence-electron chi connectivity index (χ3n) is 6.97. The van der Waals surface area contributed by atoms with Gasteiger partial charge in [0.25, 0.3) is 5.91 Å². The van der Waals surface area contributed by atoms with Crippen LogP contribution in [0, 0.1) is 5.41 Å². The van der Waals surface area contributed by atoms with Crippen LogP contribution in [0.25, 0.3) is 0 Å². The second kappa shape index (κ2) is 8.32. The molecule has 2 heterocycles. The Labute approximate surface area is 185 Å². The van der Waals surface area contributed by atoms with Gasteiger partial charge >= 0.3 is 0 Å². The van der Waals surface area contributed by atoms with E-state index in [2.05, 4.69) is 35.9 Å². The van der Waals surface area contributed by atoms with E-state index in [9.17, 15) is 15.0 Å². The smallest absolute Gasteiger partial charge is 0.258 e. The first kappa shape index (κ1) is 21.9. The van der Waals surface area contributed by atoms with Gasteiger partial charge in [-0.05, 0) is 42.2 Å². The molecule has 0 bridgehead atoms. The largest absolute Gasteiger partial charge is 0.508 e. The molecule has 168 valence electrons. The monoisotopic (exact) mass is 425 g/mol. The maximum absolute atomic E-state index is 13.2. The highest BCUT2D eigenvalue weighted by atomic mass is 16.3. The number of hydrogen-bond donors (Lipinski definition) is 2. The molecule has 1 amide bonds. The van der Waals surface area contributed by atoms with E-state index in [1.807, 2.05) is 18.7 Å². The van der Waals surface area contributed by atoms with Gasteiger partial charge in [0.15, 0.2) is 0 Å². The number of carbonyl (C=O) groups is 1. The molecule has 1 atom stereocenters. The molecule has 2 aliphatic heterocycles. The first-order valence-corrected chi connectivity index (χ1v) is 11.3. The maximum atomic E-state index is 13.2. The van der Waals surface area contributed by atoms with Crippen molar-refractivity contribution in [2.45, 2.75) is 33.1 Å². The van der Waals surface area contributed by atoms with Gasteiger partial charge in [-0.2, -0.15) is 0 Å². The summed E-state index contributed by atoms with van der Waals surface area (Å²) in [4.78, 5) is 20.0. The fraction of sp³-hybridized carbons (Fsp3) is 0.560. The van der Waals surface area contributed by atoms with Crippen molar-refractivity contribution < 1.29 is 15.0 Å². The molecule has 1 aliphatic carbocycles. The minimum Gasteiger partial charge on any atom is -0.508 e. The van der Waals surface area contributed by atoms with E-state index in [-0.39, 0.29) is 34.3 Å². The Kier molecular flexibility index (Phi) is 5.88. The minimum absolute atomic E-state index is 0.0329. The summed E-state index contributed by atoms with van der Waals surface area (Å²) in [5, 5.41) is 20.4. The van der Waals surface area contributed by atoms with Crippen LogP contribution in [0.5, 0.6) is 11.5 Å². The molecule has 1 aromatic rings. The molecule has 0 radical (unpaired) electrons. The van der Waals surface area contributed by atoms with Gasteiger partial charge in [0.2, 0.25) is 0 Å². The molecule has 3 aliphatic rings. The van der Waals surface area contributed by atoms with Gasteiger partial charge in [-0.1, -0.05) is 32.9 Å². The van der Waals surface area contributed by atoms with Gasteiger partial charge in [0, 0.05) is 57.3 Å². The number of carbonyl (C=O) groups excluding carboxylic acids is 1. The van der Waals surface area contributed by atoms with Crippen molar-refractivity contribution in [3.8, 4) is 11.5 Å². The van der Waals surface area contributed by atoms with Crippen LogP contribution >= 0.6 is 0 Å². The first-order valence-electron chi connectivity index (χ1n) is 11.3. The topological polar surface area (TPSA) is 67.3 Å². The van der Waals surface area contributed by atoms with Gasteiger partial charge in [-0.15, -0.1) is 0 Å². The highest BCUT2D eigenvalue weighted by Gasteiger charge is 2.35. The Balaban J connectivity index is 1.44. The molecule has 0 saturated carbocycles. The quantitative estimate of drug-likeness (QED) is 0.776. The van der Waals surface area contributed by atoms with Gasteiger partial charge in [0.05, 0.1) is 5.56 Å². The predicted octanol–water partition coefficient (Wildman–Crippen LogP) is 3.19. The van der Waals surface area contributed by atoms with Gasteiger partial charge in [-0.25, -0.2) is 0 Å². The molecule has 6 heteroatoms. The highest BCUT2D eigenvalue weighted by molar-refractivity contribution is 5.98. The van der Waals surface area contributed by atoms with Crippen LogP contribution in [0.3, 0.4) is 0 Å². The summed E-state index contributed by atoms with van der Waals surface area (Å²) in [6.07, 6.45) is 5.50. The summed E-state index contributed by atoms with van der Waals surface area (Å²) in [6.45, 7) is 12.9. The first-order chi connectivity index (χ1) is 14.6. The summed E-state index contributed by atoms with van der Waals surface area (Å²) >= 11 is 0. The zero-order valence-electron chi connectivity index (χ0n) is 19.2. The van der Waals surface area contributed by atoms with E-state index in [4.69, 9.17) is 0 Å². The average Bonchev–Trinajstić information content (AvgIpc) is 3.11. The SMILES string of the molecule is CC(C)c1cc(C(=O)N2CC3=C(C2)CC(C)(CN2CCN(C)CC2)C=C3)c(O)cc1O. The molecule has 1 fully saturated rings. The molecule has 31 heavy (non-hydrogen) atoms. The second-order valence-corrected chi connectivity index (χ2v) is 10.1. The number of amides is 1. The highest BCUT2D eigenvalue weighted by Crippen LogP contribution is 2.39. The lowest BCUT2D eigenvalue weighted by atomic mass is 9.78. The number of aromatic hydroxyl groups is 2. The van der Waals surface area contributed by atoms with Gasteiger partial charge in [-0.3, -0.25) is 9.69 Å². The second-order valence-electron chi connectivity index (χ2n) is 10.1. The lowest BCUT2D eigenvalue weighted by Gasteiger charge is -2.39. The van der Waals surface area contributed by atoms with E-state index < -0.39 is 0 Å². The molecular formula is C25H35N3O3. The van der Waals surface area contributed by atoms with Crippen molar-refractivity contribution in [3.05, 3.63) is 46.6 Å². The Hall–Kier alpha value is -2.31. The van der Waals surface area contributed by atoms with E-state index in [0.717, 1.165) is 39.1 Å². The minimum atomic E-state index is -0.178. The van der Waals surface area contributed by atoms with Crippen LogP contribution in [-0.4, -0.2) is 83.7 Å². The van der Waals surface area contributed by atoms with Crippen LogP contribution in [-0.2, 0) is 0 Å². The average molecular weight is 426 g/mol. The predicted molar refractivity (Wildman–Crippen MR) is 123 cm³/mol. The van der Waals surface area contributed by atoms with E-state index in [1.165, 1.54) is 17.2 Å². The Morgan fingerprint density at radius 3 is 2.48 bits per heavy atom. The summed E-state index contributed by atoms with van der Waals surface area (Å²) in [7, 11) is 2.18. The van der Waals surface area contributed by atoms with Crippen LogP contribution in [0.2, 0.25) is 0 Å². The fourth-order valence-electron chi connectivity index (χ4n) is 5.06. The van der Waals surface area contributed by atoms with Crippen LogP contribution in [0.4, 0.5) is 0 Å². The van der Waals surface area contributed by atoms with Gasteiger partial charge in [0.1, 0.15) is 11.5 Å². The number of phenols is 2. The number of piperazine rings is 1. The molecule has 1 unspecified atom stereocenters. The summed E-state index contributed by atoms with van der Waals surface area (Å²) < 4.78 is 0. The van der Waals surface area contributed by atoms with Gasteiger partial charge < -0.3 is 20.0 Å². The Morgan fingerprint density at radius 1 is 1.10 bits per heavy atom. The number of hydrogen-bond acceptors (Lipinski definition) is 5. The van der Waals surface area contributed by atoms with Crippen LogP contribution < -0.4 is 0 Å². The lowest BCUT2D eigenvalue weighted by molar-refractivity contribution is 0.0791. The number of rotatable bonds is 4. The zero-order chi connectivity index (χ0) is 22.3. The number of likely N-dealkylation sites (N-methyl/N-ethyl adjacent to an activating group) is 1. The van der Waals surface area contributed by atoms with E-state index in [0.29, 0.717) is 18.7 Å². The molecule has 4 rings (SSSR count). The van der Waals surface area contributed by atoms with E-state index in [1.54, 1.807) is 6.07 Å². The summed E-state index contributed by atoms with van der Waals surface area (Å²) in [6, 6.07) is 2.93. The Morgan fingerprint density at radius 2 is 1.81 bits per heavy atom. The molecule has 1 saturated heterocycles. The molecule has 2 N–H and O–H groups in total. The molecule has 0 aromatic heterocycles. The normalized spacial score (nSPS) is 24.9. The van der Waals surface area contributed by atoms with Crippen molar-refractivity contribution in [1.29, 1.82) is 0 Å². The molecular weight excluding hydrogens is 390 g/mol. The molecule has 1 aromatic carbocycles. The van der Waals surface area contributed by atoms with Crippen LogP contribution in [0.15, 0.2) is 35.4 Å². The number of benzene rings is 1. The molecule has 6 nitrogen and oxygen atoms in total. The zero-order valence-corrected chi connectivity index (χ0v) is 19.2. The van der Waals surface area contributed by atoms with Crippen molar-refractivity contribution in [2.24, 2.45) is 5.41 Å². The maximum Gasteiger partial charge on any atom is 0.258 e. The van der Waals surface area contributed by atoms with Crippen molar-refractivity contribution in [3.63, 3.8) is 0 Å². The number of phenolic OH excluding ortho intramolecular Hbond substituents is 2. The van der Waals surface area contributed by atoms with E-state index >= 15 is 0 Å². The lowest BCUT2D eigenvalue weighted by Crippen LogP contribution is -2.48. The third kappa shape index (κ3) is 4.51. The summed E-state index contributed by atoms with van der Waals surface area (Å²) in [5.41, 5.74) is 3.59.